The van der Waals surface area contributed by atoms with Crippen molar-refractivity contribution in [3.63, 3.8) is 0 Å². The molecule has 0 aliphatic carbocycles. The van der Waals surface area contributed by atoms with Crippen molar-refractivity contribution in [1.82, 2.24) is 9.88 Å². The molecular weight excluding hydrogens is 430 g/mol. The van der Waals surface area contributed by atoms with E-state index in [0.29, 0.717) is 30.0 Å². The minimum atomic E-state index is -0.458. The molecule has 2 amide bonds. The van der Waals surface area contributed by atoms with Crippen molar-refractivity contribution in [2.45, 2.75) is 19.4 Å². The first-order valence-electron chi connectivity index (χ1n) is 10.9. The van der Waals surface area contributed by atoms with Crippen molar-refractivity contribution in [3.05, 3.63) is 111 Å². The van der Waals surface area contributed by atoms with Gasteiger partial charge in [0.05, 0.1) is 10.7 Å². The maximum absolute atomic E-state index is 13.7. The predicted molar refractivity (Wildman–Crippen MR) is 130 cm³/mol. The molecule has 1 aliphatic heterocycles. The summed E-state index contributed by atoms with van der Waals surface area (Å²) in [6, 6.07) is 25.5. The summed E-state index contributed by atoms with van der Waals surface area (Å²) in [5, 5.41) is 0.914. The Bertz CT molecular complexity index is 1320. The Hall–Kier alpha value is -3.77. The van der Waals surface area contributed by atoms with Crippen molar-refractivity contribution in [1.29, 1.82) is 0 Å². The van der Waals surface area contributed by atoms with Crippen LogP contribution in [0.1, 0.15) is 41.7 Å². The van der Waals surface area contributed by atoms with E-state index in [4.69, 9.17) is 10.7 Å². The number of nitrogens with zero attached hydrogens (tertiary/aromatic N) is 2. The third-order valence-electron chi connectivity index (χ3n) is 5.90. The van der Waals surface area contributed by atoms with Gasteiger partial charge in [0.25, 0.3) is 5.91 Å². The van der Waals surface area contributed by atoms with Crippen LogP contribution in [0, 0.1) is 0 Å². The highest BCUT2D eigenvalue weighted by molar-refractivity contribution is 7.14. The lowest BCUT2D eigenvalue weighted by Crippen LogP contribution is -2.36. The zero-order valence-corrected chi connectivity index (χ0v) is 18.8. The minimum Gasteiger partial charge on any atom is -0.366 e. The van der Waals surface area contributed by atoms with Crippen LogP contribution in [-0.2, 0) is 19.4 Å². The van der Waals surface area contributed by atoms with Gasteiger partial charge in [-0.2, -0.15) is 0 Å². The number of fused-ring (bicyclic) bond motifs is 1. The molecule has 1 aromatic heterocycles. The van der Waals surface area contributed by atoms with Crippen LogP contribution < -0.4 is 5.73 Å². The Balaban J connectivity index is 1.48. The number of carbonyl (C=O) groups is 2. The van der Waals surface area contributed by atoms with Crippen LogP contribution >= 0.6 is 11.3 Å². The molecule has 6 heteroatoms. The monoisotopic (exact) mass is 453 g/mol. The summed E-state index contributed by atoms with van der Waals surface area (Å²) in [6.07, 6.45) is 1.43. The number of rotatable bonds is 5. The Morgan fingerprint density at radius 2 is 1.67 bits per heavy atom. The molecule has 0 radical (unpaired) electrons. The zero-order chi connectivity index (χ0) is 22.8. The number of primary amides is 1. The van der Waals surface area contributed by atoms with Gasteiger partial charge in [0.2, 0.25) is 5.91 Å². The number of benzene rings is 3. The lowest BCUT2D eigenvalue weighted by Gasteiger charge is -2.29. The van der Waals surface area contributed by atoms with Gasteiger partial charge in [0.1, 0.15) is 4.88 Å². The smallest absolute Gasteiger partial charge is 0.266 e. The molecular formula is C27H23N3O2S. The fraction of sp³-hybridized carbons (Fsp3) is 0.148. The van der Waals surface area contributed by atoms with Gasteiger partial charge in [0.15, 0.2) is 0 Å². The molecule has 164 valence electrons. The summed E-state index contributed by atoms with van der Waals surface area (Å²) >= 11 is 1.46. The minimum absolute atomic E-state index is 0.0270. The van der Waals surface area contributed by atoms with Crippen LogP contribution in [0.3, 0.4) is 0 Å². The first-order valence-corrected chi connectivity index (χ1v) is 11.7. The number of thiazole rings is 1. The largest absolute Gasteiger partial charge is 0.366 e. The molecule has 0 saturated carbocycles. The fourth-order valence-electron chi connectivity index (χ4n) is 4.17. The van der Waals surface area contributed by atoms with E-state index in [1.807, 2.05) is 65.6 Å². The van der Waals surface area contributed by atoms with Crippen molar-refractivity contribution in [2.75, 3.05) is 6.54 Å². The average molecular weight is 454 g/mol. The highest BCUT2D eigenvalue weighted by Crippen LogP contribution is 2.32. The molecule has 5 nitrogen and oxygen atoms in total. The number of amides is 2. The van der Waals surface area contributed by atoms with Crippen molar-refractivity contribution in [2.24, 2.45) is 5.73 Å². The molecule has 0 spiro atoms. The summed E-state index contributed by atoms with van der Waals surface area (Å²) < 4.78 is 0. The van der Waals surface area contributed by atoms with E-state index < -0.39 is 5.91 Å². The van der Waals surface area contributed by atoms with Crippen LogP contribution in [0.4, 0.5) is 0 Å². The maximum Gasteiger partial charge on any atom is 0.266 e. The van der Waals surface area contributed by atoms with Gasteiger partial charge in [-0.15, -0.1) is 11.3 Å². The molecule has 33 heavy (non-hydrogen) atoms. The van der Waals surface area contributed by atoms with Gasteiger partial charge in [-0.1, -0.05) is 66.7 Å². The lowest BCUT2D eigenvalue weighted by atomic mass is 9.97. The summed E-state index contributed by atoms with van der Waals surface area (Å²) in [6.45, 7) is 1.08. The average Bonchev–Trinajstić information content (AvgIpc) is 3.27. The topological polar surface area (TPSA) is 76.3 Å². The second-order valence-electron chi connectivity index (χ2n) is 8.14. The number of aromatic nitrogens is 1. The van der Waals surface area contributed by atoms with E-state index in [1.165, 1.54) is 11.3 Å². The van der Waals surface area contributed by atoms with Crippen molar-refractivity contribution < 1.29 is 9.59 Å². The highest BCUT2D eigenvalue weighted by Gasteiger charge is 2.27. The molecule has 0 bridgehead atoms. The molecule has 4 aromatic rings. The number of nitrogens with two attached hydrogens (primary N) is 1. The van der Waals surface area contributed by atoms with Gasteiger partial charge < -0.3 is 10.6 Å². The van der Waals surface area contributed by atoms with Crippen LogP contribution in [0.2, 0.25) is 0 Å². The van der Waals surface area contributed by atoms with E-state index in [0.717, 1.165) is 39.4 Å². The number of carbonyl (C=O) groups excluding carboxylic acids is 2. The quantitative estimate of drug-likeness (QED) is 0.476. The van der Waals surface area contributed by atoms with E-state index in [2.05, 4.69) is 12.1 Å². The second-order valence-corrected chi connectivity index (χ2v) is 9.22. The first kappa shape index (κ1) is 21.1. The van der Waals surface area contributed by atoms with E-state index in [9.17, 15) is 9.59 Å². The molecule has 0 atom stereocenters. The Kier molecular flexibility index (Phi) is 5.75. The maximum atomic E-state index is 13.7. The molecule has 1 aliphatic rings. The Labute approximate surface area is 196 Å². The molecule has 0 fully saturated rings. The third-order valence-corrected chi connectivity index (χ3v) is 6.94. The molecule has 0 saturated heterocycles. The Morgan fingerprint density at radius 1 is 0.939 bits per heavy atom. The predicted octanol–water partition coefficient (Wildman–Crippen LogP) is 4.70. The summed E-state index contributed by atoms with van der Waals surface area (Å²) in [5.41, 5.74) is 10.9. The van der Waals surface area contributed by atoms with Gasteiger partial charge in [-0.3, -0.25) is 9.59 Å². The summed E-state index contributed by atoms with van der Waals surface area (Å²) in [4.78, 5) is 32.7. The van der Waals surface area contributed by atoms with Crippen molar-refractivity contribution >= 4 is 23.2 Å². The molecule has 2 N–H and O–H groups in total. The SMILES string of the molecule is NC(=O)c1ccc2c(c1)CN(C(=O)c1sc(Cc3ccccc3)nc1-c1ccccc1)CC2. The number of hydrogen-bond acceptors (Lipinski definition) is 4. The van der Waals surface area contributed by atoms with Gasteiger partial charge in [0, 0.05) is 30.6 Å². The normalized spacial score (nSPS) is 12.9. The summed E-state index contributed by atoms with van der Waals surface area (Å²) in [7, 11) is 0. The fourth-order valence-corrected chi connectivity index (χ4v) is 5.26. The second kappa shape index (κ2) is 9.00. The van der Waals surface area contributed by atoms with Gasteiger partial charge in [-0.05, 0) is 35.2 Å². The molecule has 2 heterocycles. The molecule has 0 unspecified atom stereocenters. The molecule has 5 rings (SSSR count). The molecule has 3 aromatic carbocycles. The van der Waals surface area contributed by atoms with Gasteiger partial charge in [-0.25, -0.2) is 4.98 Å². The van der Waals surface area contributed by atoms with Crippen molar-refractivity contribution in [3.8, 4) is 11.3 Å². The van der Waals surface area contributed by atoms with E-state index in [1.54, 1.807) is 6.07 Å². The van der Waals surface area contributed by atoms with Crippen LogP contribution in [0.25, 0.3) is 11.3 Å². The number of hydrogen-bond donors (Lipinski definition) is 1. The zero-order valence-electron chi connectivity index (χ0n) is 18.0. The third kappa shape index (κ3) is 4.43. The highest BCUT2D eigenvalue weighted by atomic mass is 32.1. The Morgan fingerprint density at radius 3 is 2.39 bits per heavy atom. The van der Waals surface area contributed by atoms with E-state index in [-0.39, 0.29) is 5.91 Å². The lowest BCUT2D eigenvalue weighted by molar-refractivity contribution is 0.0740. The standard InChI is InChI=1S/C27H23N3O2S/c28-26(31)21-12-11-19-13-14-30(17-22(19)16-21)27(32)25-24(20-9-5-2-6-10-20)29-23(33-25)15-18-7-3-1-4-8-18/h1-12,16H,13-15,17H2,(H2,28,31). The van der Waals surface area contributed by atoms with Crippen LogP contribution in [-0.4, -0.2) is 28.2 Å². The van der Waals surface area contributed by atoms with Gasteiger partial charge >= 0.3 is 0 Å². The first-order chi connectivity index (χ1) is 16.1. The van der Waals surface area contributed by atoms with Crippen LogP contribution in [0.15, 0.2) is 78.9 Å². The summed E-state index contributed by atoms with van der Waals surface area (Å²) in [5.74, 6) is -0.485. The van der Waals surface area contributed by atoms with E-state index >= 15 is 0 Å². The van der Waals surface area contributed by atoms with Crippen LogP contribution in [0.5, 0.6) is 0 Å².